The van der Waals surface area contributed by atoms with E-state index in [0.717, 1.165) is 76.6 Å². The maximum atomic E-state index is 12.5. The van der Waals surface area contributed by atoms with Crippen molar-refractivity contribution in [3.63, 3.8) is 0 Å². The van der Waals surface area contributed by atoms with Crippen LogP contribution in [-0.4, -0.2) is 103 Å². The van der Waals surface area contributed by atoms with Gasteiger partial charge in [0.05, 0.1) is 37.4 Å². The first-order valence-corrected chi connectivity index (χ1v) is 15.3. The van der Waals surface area contributed by atoms with Crippen LogP contribution in [0.1, 0.15) is 35.2 Å². The SMILES string of the molecule is C=CC(=O)N1CCN(c2nc(OCCN3CCOCC3)nc3c2CCC(N2CCc4c(C)cccc42)C3)CC1CC#N. The maximum absolute atomic E-state index is 12.5. The number of nitrogens with zero attached hydrogens (tertiary/aromatic N) is 7. The second kappa shape index (κ2) is 12.7. The van der Waals surface area contributed by atoms with Gasteiger partial charge in [0.2, 0.25) is 5.91 Å². The van der Waals surface area contributed by atoms with Gasteiger partial charge in [-0.15, -0.1) is 0 Å². The Balaban J connectivity index is 1.26. The Morgan fingerprint density at radius 1 is 1.17 bits per heavy atom. The third-order valence-corrected chi connectivity index (χ3v) is 9.25. The zero-order valence-corrected chi connectivity index (χ0v) is 24.6. The molecule has 6 rings (SSSR count). The summed E-state index contributed by atoms with van der Waals surface area (Å²) >= 11 is 0. The number of aromatic nitrogens is 2. The summed E-state index contributed by atoms with van der Waals surface area (Å²) in [7, 11) is 0. The van der Waals surface area contributed by atoms with E-state index in [1.165, 1.54) is 28.5 Å². The molecule has 2 aromatic rings. The van der Waals surface area contributed by atoms with Gasteiger partial charge in [0.25, 0.3) is 0 Å². The van der Waals surface area contributed by atoms with Crippen molar-refractivity contribution in [1.29, 1.82) is 5.26 Å². The van der Waals surface area contributed by atoms with E-state index in [-0.39, 0.29) is 18.4 Å². The van der Waals surface area contributed by atoms with Crippen molar-refractivity contribution in [3.8, 4) is 12.1 Å². The van der Waals surface area contributed by atoms with E-state index in [1.807, 2.05) is 0 Å². The summed E-state index contributed by atoms with van der Waals surface area (Å²) in [5, 5.41) is 9.51. The molecule has 2 saturated heterocycles. The Kier molecular flexibility index (Phi) is 8.58. The molecular formula is C32H41N7O3. The number of carbonyl (C=O) groups is 1. The summed E-state index contributed by atoms with van der Waals surface area (Å²) in [6, 6.07) is 9.47. The van der Waals surface area contributed by atoms with E-state index in [9.17, 15) is 10.1 Å². The predicted octanol–water partition coefficient (Wildman–Crippen LogP) is 2.53. The number of ether oxygens (including phenoxy) is 2. The molecule has 3 aliphatic heterocycles. The quantitative estimate of drug-likeness (QED) is 0.443. The minimum atomic E-state index is -0.216. The number of benzene rings is 1. The van der Waals surface area contributed by atoms with Crippen molar-refractivity contribution in [2.45, 2.75) is 51.1 Å². The number of hydrogen-bond acceptors (Lipinski definition) is 9. The van der Waals surface area contributed by atoms with Crippen LogP contribution in [0.4, 0.5) is 11.5 Å². The summed E-state index contributed by atoms with van der Waals surface area (Å²) in [4.78, 5) is 31.4. The van der Waals surface area contributed by atoms with Crippen molar-refractivity contribution in [3.05, 3.63) is 53.2 Å². The number of morpholine rings is 1. The molecule has 0 radical (unpaired) electrons. The molecule has 2 fully saturated rings. The van der Waals surface area contributed by atoms with Crippen LogP contribution < -0.4 is 14.5 Å². The minimum Gasteiger partial charge on any atom is -0.462 e. The number of anilines is 2. The van der Waals surface area contributed by atoms with Crippen LogP contribution in [-0.2, 0) is 28.8 Å². The number of rotatable bonds is 8. The number of amides is 1. The van der Waals surface area contributed by atoms with E-state index in [1.54, 1.807) is 4.90 Å². The maximum Gasteiger partial charge on any atom is 0.318 e. The van der Waals surface area contributed by atoms with Gasteiger partial charge in [-0.25, -0.2) is 0 Å². The molecule has 0 N–H and O–H groups in total. The molecule has 2 atom stereocenters. The Labute approximate surface area is 248 Å². The Morgan fingerprint density at radius 3 is 2.83 bits per heavy atom. The van der Waals surface area contributed by atoms with Gasteiger partial charge < -0.3 is 24.2 Å². The van der Waals surface area contributed by atoms with Gasteiger partial charge >= 0.3 is 6.01 Å². The molecule has 0 saturated carbocycles. The lowest BCUT2D eigenvalue weighted by Gasteiger charge is -2.42. The second-order valence-electron chi connectivity index (χ2n) is 11.7. The highest BCUT2D eigenvalue weighted by atomic mass is 16.5. The molecule has 222 valence electrons. The van der Waals surface area contributed by atoms with Crippen molar-refractivity contribution in [2.75, 3.05) is 75.4 Å². The fourth-order valence-electron chi connectivity index (χ4n) is 6.99. The zero-order valence-electron chi connectivity index (χ0n) is 24.6. The lowest BCUT2D eigenvalue weighted by molar-refractivity contribution is -0.128. The molecule has 4 heterocycles. The molecule has 1 amide bonds. The summed E-state index contributed by atoms with van der Waals surface area (Å²) in [6.45, 7) is 13.3. The number of carbonyl (C=O) groups excluding carboxylic acids is 1. The Morgan fingerprint density at radius 2 is 2.02 bits per heavy atom. The van der Waals surface area contributed by atoms with Gasteiger partial charge in [-0.2, -0.15) is 15.2 Å². The van der Waals surface area contributed by atoms with Crippen LogP contribution in [0.3, 0.4) is 0 Å². The number of piperazine rings is 1. The molecule has 1 aliphatic carbocycles. The van der Waals surface area contributed by atoms with Crippen molar-refractivity contribution in [1.82, 2.24) is 19.8 Å². The first-order chi connectivity index (χ1) is 20.6. The normalized spacial score (nSPS) is 22.3. The average molecular weight is 572 g/mol. The number of hydrogen-bond donors (Lipinski definition) is 0. The van der Waals surface area contributed by atoms with Crippen LogP contribution in [0.15, 0.2) is 30.9 Å². The van der Waals surface area contributed by atoms with Gasteiger partial charge in [0.1, 0.15) is 12.4 Å². The second-order valence-corrected chi connectivity index (χ2v) is 11.7. The van der Waals surface area contributed by atoms with Crippen LogP contribution in [0.2, 0.25) is 0 Å². The highest BCUT2D eigenvalue weighted by molar-refractivity contribution is 5.87. The molecule has 4 aliphatic rings. The molecule has 1 aromatic heterocycles. The fourth-order valence-corrected chi connectivity index (χ4v) is 6.99. The van der Waals surface area contributed by atoms with Gasteiger partial charge in [-0.1, -0.05) is 18.7 Å². The highest BCUT2D eigenvalue weighted by Crippen LogP contribution is 2.38. The largest absolute Gasteiger partial charge is 0.462 e. The molecule has 2 unspecified atom stereocenters. The molecule has 10 nitrogen and oxygen atoms in total. The number of aryl methyl sites for hydroxylation is 1. The highest BCUT2D eigenvalue weighted by Gasteiger charge is 2.35. The zero-order chi connectivity index (χ0) is 29.1. The smallest absolute Gasteiger partial charge is 0.318 e. The van der Waals surface area contributed by atoms with E-state index in [4.69, 9.17) is 19.4 Å². The standard InChI is InChI=1S/C32H41N7O3/c1-3-30(40)39-14-13-37(22-25(39)9-11-33)31-27-8-7-24(38-12-10-26-23(2)5-4-6-29(26)38)21-28(27)34-32(35-31)42-20-17-36-15-18-41-19-16-36/h3-6,24-25H,1,7-10,12-22H2,2H3. The number of nitriles is 1. The fraction of sp³-hybridized carbons (Fsp3) is 0.562. The van der Waals surface area contributed by atoms with E-state index >= 15 is 0 Å². The monoisotopic (exact) mass is 571 g/mol. The molecule has 0 spiro atoms. The van der Waals surface area contributed by atoms with Gasteiger partial charge in [0.15, 0.2) is 0 Å². The van der Waals surface area contributed by atoms with Crippen LogP contribution in [0.5, 0.6) is 6.01 Å². The third kappa shape index (κ3) is 5.81. The molecule has 42 heavy (non-hydrogen) atoms. The molecule has 1 aromatic carbocycles. The molecule has 10 heteroatoms. The minimum absolute atomic E-state index is 0.129. The topological polar surface area (TPSA) is 98.1 Å². The lowest BCUT2D eigenvalue weighted by atomic mass is 9.90. The van der Waals surface area contributed by atoms with Crippen LogP contribution in [0.25, 0.3) is 0 Å². The molecular weight excluding hydrogens is 530 g/mol. The number of fused-ring (bicyclic) bond motifs is 2. The van der Waals surface area contributed by atoms with Crippen molar-refractivity contribution in [2.24, 2.45) is 0 Å². The predicted molar refractivity (Wildman–Crippen MR) is 161 cm³/mol. The lowest BCUT2D eigenvalue weighted by Crippen LogP contribution is -2.55. The van der Waals surface area contributed by atoms with Crippen LogP contribution >= 0.6 is 0 Å². The van der Waals surface area contributed by atoms with Crippen molar-refractivity contribution < 1.29 is 14.3 Å². The first-order valence-electron chi connectivity index (χ1n) is 15.3. The van der Waals surface area contributed by atoms with Gasteiger partial charge in [-0.3, -0.25) is 9.69 Å². The average Bonchev–Trinajstić information content (AvgIpc) is 3.46. The van der Waals surface area contributed by atoms with E-state index in [2.05, 4.69) is 52.5 Å². The van der Waals surface area contributed by atoms with Gasteiger partial charge in [-0.05, 0) is 49.5 Å². The Hall–Kier alpha value is -3.68. The summed E-state index contributed by atoms with van der Waals surface area (Å²) < 4.78 is 11.7. The van der Waals surface area contributed by atoms with E-state index < -0.39 is 0 Å². The van der Waals surface area contributed by atoms with E-state index in [0.29, 0.717) is 38.3 Å². The summed E-state index contributed by atoms with van der Waals surface area (Å²) in [6.07, 6.45) is 5.45. The van der Waals surface area contributed by atoms with Gasteiger partial charge in [0, 0.05) is 69.5 Å². The van der Waals surface area contributed by atoms with Crippen LogP contribution in [0, 0.1) is 18.3 Å². The summed E-state index contributed by atoms with van der Waals surface area (Å²) in [5.41, 5.74) is 6.43. The van der Waals surface area contributed by atoms with Crippen molar-refractivity contribution >= 4 is 17.4 Å². The summed E-state index contributed by atoms with van der Waals surface area (Å²) in [5.74, 6) is 0.766. The Bertz CT molecular complexity index is 1350. The third-order valence-electron chi connectivity index (χ3n) is 9.25. The molecule has 0 bridgehead atoms. The first kappa shape index (κ1) is 28.4.